The molecular weight excluding hydrogens is 342 g/mol. The number of fused-ring (bicyclic) bond motifs is 4. The molecule has 0 radical (unpaired) electrons. The number of pyridine rings is 1. The minimum absolute atomic E-state index is 0.0522. The summed E-state index contributed by atoms with van der Waals surface area (Å²) in [5.41, 5.74) is 3.81. The Balaban J connectivity index is 2.11. The van der Waals surface area contributed by atoms with Crippen molar-refractivity contribution in [2.24, 2.45) is 0 Å². The Morgan fingerprint density at radius 1 is 1.11 bits per heavy atom. The lowest BCUT2D eigenvalue weighted by Crippen LogP contribution is -2.27. The van der Waals surface area contributed by atoms with Crippen LogP contribution in [0.1, 0.15) is 11.1 Å². The molecule has 136 valence electrons. The van der Waals surface area contributed by atoms with Gasteiger partial charge in [-0.25, -0.2) is 4.79 Å². The van der Waals surface area contributed by atoms with Crippen LogP contribution in [0.2, 0.25) is 0 Å². The Kier molecular flexibility index (Phi) is 4.28. The molecule has 5 nitrogen and oxygen atoms in total. The molecule has 0 fully saturated rings. The molecule has 2 heterocycles. The zero-order valence-electron chi connectivity index (χ0n) is 15.2. The lowest BCUT2D eigenvalue weighted by atomic mass is 9.91. The molecule has 0 aliphatic carbocycles. The van der Waals surface area contributed by atoms with Crippen molar-refractivity contribution in [1.29, 1.82) is 0 Å². The zero-order chi connectivity index (χ0) is 19.0. The largest absolute Gasteiger partial charge is 0.497 e. The fraction of sp³-hybridized carbons (Fsp3) is 0.182. The molecule has 0 unspecified atom stereocenters. The number of esters is 1. The van der Waals surface area contributed by atoms with E-state index < -0.39 is 5.97 Å². The van der Waals surface area contributed by atoms with Gasteiger partial charge in [-0.3, -0.25) is 4.79 Å². The van der Waals surface area contributed by atoms with Crippen molar-refractivity contribution in [3.63, 3.8) is 0 Å². The van der Waals surface area contributed by atoms with Gasteiger partial charge < -0.3 is 14.0 Å². The highest BCUT2D eigenvalue weighted by atomic mass is 16.5. The van der Waals surface area contributed by atoms with Crippen molar-refractivity contribution in [3.8, 4) is 17.0 Å². The van der Waals surface area contributed by atoms with E-state index in [4.69, 9.17) is 9.47 Å². The van der Waals surface area contributed by atoms with Crippen LogP contribution in [0.3, 0.4) is 0 Å². The van der Waals surface area contributed by atoms with Crippen LogP contribution in [0.5, 0.6) is 5.75 Å². The summed E-state index contributed by atoms with van der Waals surface area (Å²) in [5.74, 6) is 0.185. The van der Waals surface area contributed by atoms with E-state index in [9.17, 15) is 9.59 Å². The molecular formula is C22H19NO4. The smallest absolute Gasteiger partial charge is 0.330 e. The third-order valence-electron chi connectivity index (χ3n) is 4.98. The molecule has 5 heteroatoms. The van der Waals surface area contributed by atoms with Gasteiger partial charge in [-0.1, -0.05) is 24.3 Å². The molecule has 0 N–H and O–H groups in total. The topological polar surface area (TPSA) is 57.5 Å². The summed E-state index contributed by atoms with van der Waals surface area (Å²) < 4.78 is 11.8. The number of methoxy groups -OCH3 is 2. The Hall–Kier alpha value is -3.34. The summed E-state index contributed by atoms with van der Waals surface area (Å²) in [6.07, 6.45) is 3.91. The second-order valence-electron chi connectivity index (χ2n) is 6.39. The number of ether oxygens (including phenoxy) is 2. The standard InChI is InChI=1S/C22H19NO4/c1-26-15-7-8-17-18(9-10-20(24)27-2)21-16-6-4-3-5-14(16)11-12-23(21)22(25)19(17)13-15/h3-10,13H,11-12H2,1-2H3/b10-9+. The number of carbonyl (C=O) groups is 1. The fourth-order valence-corrected chi connectivity index (χ4v) is 3.68. The Bertz CT molecular complexity index is 1140. The SMILES string of the molecule is COC(=O)/C=C/c1c2n(c(=O)c3cc(OC)ccc13)CCc1ccccc1-2. The van der Waals surface area contributed by atoms with Crippen LogP contribution in [-0.2, 0) is 22.5 Å². The summed E-state index contributed by atoms with van der Waals surface area (Å²) in [7, 11) is 2.92. The van der Waals surface area contributed by atoms with Gasteiger partial charge >= 0.3 is 5.97 Å². The average molecular weight is 361 g/mol. The first kappa shape index (κ1) is 17.1. The van der Waals surface area contributed by atoms with Gasteiger partial charge in [0.1, 0.15) is 5.75 Å². The van der Waals surface area contributed by atoms with Gasteiger partial charge in [0.2, 0.25) is 0 Å². The van der Waals surface area contributed by atoms with Crippen LogP contribution in [-0.4, -0.2) is 24.8 Å². The zero-order valence-corrected chi connectivity index (χ0v) is 15.2. The molecule has 0 spiro atoms. The van der Waals surface area contributed by atoms with E-state index in [0.29, 0.717) is 17.7 Å². The van der Waals surface area contributed by atoms with Crippen molar-refractivity contribution in [3.05, 3.63) is 70.0 Å². The summed E-state index contributed by atoms with van der Waals surface area (Å²) in [6, 6.07) is 13.5. The van der Waals surface area contributed by atoms with Gasteiger partial charge in [0.15, 0.2) is 0 Å². The van der Waals surface area contributed by atoms with Crippen LogP contribution in [0.4, 0.5) is 0 Å². The highest BCUT2D eigenvalue weighted by Crippen LogP contribution is 2.35. The maximum atomic E-state index is 13.2. The summed E-state index contributed by atoms with van der Waals surface area (Å²) >= 11 is 0. The van der Waals surface area contributed by atoms with Gasteiger partial charge in [0.05, 0.1) is 25.3 Å². The third kappa shape index (κ3) is 2.81. The second kappa shape index (κ2) is 6.76. The Morgan fingerprint density at radius 3 is 2.70 bits per heavy atom. The molecule has 0 amide bonds. The van der Waals surface area contributed by atoms with Crippen molar-refractivity contribution >= 4 is 22.8 Å². The van der Waals surface area contributed by atoms with Crippen LogP contribution in [0.15, 0.2) is 53.3 Å². The van der Waals surface area contributed by atoms with Crippen LogP contribution in [0.25, 0.3) is 28.1 Å². The van der Waals surface area contributed by atoms with E-state index in [1.165, 1.54) is 18.7 Å². The van der Waals surface area contributed by atoms with Gasteiger partial charge in [-0.2, -0.15) is 0 Å². The van der Waals surface area contributed by atoms with Crippen molar-refractivity contribution in [2.45, 2.75) is 13.0 Å². The minimum Gasteiger partial charge on any atom is -0.497 e. The van der Waals surface area contributed by atoms with Gasteiger partial charge in [0, 0.05) is 23.7 Å². The van der Waals surface area contributed by atoms with Gasteiger partial charge in [-0.05, 0) is 41.6 Å². The lowest BCUT2D eigenvalue weighted by molar-refractivity contribution is -0.134. The molecule has 1 aromatic heterocycles. The number of rotatable bonds is 3. The summed E-state index contributed by atoms with van der Waals surface area (Å²) in [4.78, 5) is 24.9. The van der Waals surface area contributed by atoms with E-state index in [2.05, 4.69) is 6.07 Å². The van der Waals surface area contributed by atoms with Crippen LogP contribution in [0, 0.1) is 0 Å². The molecule has 0 saturated carbocycles. The highest BCUT2D eigenvalue weighted by Gasteiger charge is 2.22. The fourth-order valence-electron chi connectivity index (χ4n) is 3.68. The molecule has 3 aromatic rings. The van der Waals surface area contributed by atoms with E-state index in [-0.39, 0.29) is 5.56 Å². The quantitative estimate of drug-likeness (QED) is 0.530. The van der Waals surface area contributed by atoms with E-state index in [0.717, 1.165) is 28.6 Å². The number of aromatic nitrogens is 1. The molecule has 0 saturated heterocycles. The number of aryl methyl sites for hydroxylation is 1. The first-order valence-electron chi connectivity index (χ1n) is 8.73. The average Bonchev–Trinajstić information content (AvgIpc) is 2.72. The number of nitrogens with zero attached hydrogens (tertiary/aromatic N) is 1. The molecule has 0 atom stereocenters. The number of carbonyl (C=O) groups excluding carboxylic acids is 1. The lowest BCUT2D eigenvalue weighted by Gasteiger charge is -2.25. The van der Waals surface area contributed by atoms with Gasteiger partial charge in [0.25, 0.3) is 5.56 Å². The second-order valence-corrected chi connectivity index (χ2v) is 6.39. The number of hydrogen-bond acceptors (Lipinski definition) is 4. The van der Waals surface area contributed by atoms with Crippen molar-refractivity contribution < 1.29 is 14.3 Å². The van der Waals surface area contributed by atoms with Crippen LogP contribution < -0.4 is 10.3 Å². The first-order chi connectivity index (χ1) is 13.1. The normalized spacial score (nSPS) is 12.7. The minimum atomic E-state index is -0.439. The van der Waals surface area contributed by atoms with Crippen LogP contribution >= 0.6 is 0 Å². The maximum Gasteiger partial charge on any atom is 0.330 e. The Morgan fingerprint density at radius 2 is 1.93 bits per heavy atom. The summed E-state index contributed by atoms with van der Waals surface area (Å²) in [6.45, 7) is 0.595. The van der Waals surface area contributed by atoms with Crippen molar-refractivity contribution in [2.75, 3.05) is 14.2 Å². The summed E-state index contributed by atoms with van der Waals surface area (Å²) in [5, 5.41) is 1.35. The molecule has 0 bridgehead atoms. The first-order valence-corrected chi connectivity index (χ1v) is 8.73. The van der Waals surface area contributed by atoms with Gasteiger partial charge in [-0.15, -0.1) is 0 Å². The Labute approximate surface area is 156 Å². The molecule has 1 aliphatic heterocycles. The third-order valence-corrected chi connectivity index (χ3v) is 4.98. The molecule has 2 aromatic carbocycles. The molecule has 1 aliphatic rings. The maximum absolute atomic E-state index is 13.2. The number of benzene rings is 2. The van der Waals surface area contributed by atoms with E-state index in [1.807, 2.05) is 30.3 Å². The molecule has 4 rings (SSSR count). The van der Waals surface area contributed by atoms with E-state index >= 15 is 0 Å². The predicted molar refractivity (Wildman–Crippen MR) is 105 cm³/mol. The number of hydrogen-bond donors (Lipinski definition) is 0. The van der Waals surface area contributed by atoms with E-state index in [1.54, 1.807) is 23.8 Å². The highest BCUT2D eigenvalue weighted by molar-refractivity contribution is 5.99. The monoisotopic (exact) mass is 361 g/mol. The predicted octanol–water partition coefficient (Wildman–Crippen LogP) is 3.42. The van der Waals surface area contributed by atoms with Crippen molar-refractivity contribution in [1.82, 2.24) is 4.57 Å². The molecule has 27 heavy (non-hydrogen) atoms.